The Morgan fingerprint density at radius 1 is 1.03 bits per heavy atom. The fourth-order valence-corrected chi connectivity index (χ4v) is 3.13. The van der Waals surface area contributed by atoms with Crippen LogP contribution in [0, 0.1) is 5.92 Å². The van der Waals surface area contributed by atoms with Gasteiger partial charge in [0, 0.05) is 24.7 Å². The molecule has 1 aromatic rings. The number of hydrogen-bond donors (Lipinski definition) is 8. The third-order valence-corrected chi connectivity index (χ3v) is 5.44. The second kappa shape index (κ2) is 14.4. The van der Waals surface area contributed by atoms with Crippen LogP contribution in [0.15, 0.2) is 12.5 Å². The van der Waals surface area contributed by atoms with Crippen LogP contribution < -0.4 is 27.4 Å². The number of imidazole rings is 1. The van der Waals surface area contributed by atoms with Crippen molar-refractivity contribution in [2.75, 3.05) is 0 Å². The number of aliphatic carboxylic acids is 2. The monoisotopic (exact) mass is 511 g/mol. The van der Waals surface area contributed by atoms with Crippen molar-refractivity contribution in [3.63, 3.8) is 0 Å². The van der Waals surface area contributed by atoms with Crippen molar-refractivity contribution in [1.29, 1.82) is 0 Å². The van der Waals surface area contributed by atoms with E-state index in [2.05, 4.69) is 25.9 Å². The van der Waals surface area contributed by atoms with E-state index in [4.69, 9.17) is 11.5 Å². The molecule has 0 radical (unpaired) electrons. The van der Waals surface area contributed by atoms with Crippen molar-refractivity contribution in [1.82, 2.24) is 25.9 Å². The number of aromatic nitrogens is 2. The van der Waals surface area contributed by atoms with Gasteiger partial charge in [-0.05, 0) is 12.3 Å². The Bertz CT molecular complexity index is 937. The lowest BCUT2D eigenvalue weighted by Crippen LogP contribution is -2.58. The molecule has 15 nitrogen and oxygen atoms in total. The molecule has 0 saturated carbocycles. The second-order valence-electron chi connectivity index (χ2n) is 8.32. The Hall–Kier alpha value is -4.01. The third kappa shape index (κ3) is 10.1. The molecule has 0 aliphatic carbocycles. The molecule has 1 aromatic heterocycles. The van der Waals surface area contributed by atoms with E-state index in [1.807, 2.05) is 0 Å². The summed E-state index contributed by atoms with van der Waals surface area (Å²) in [5.41, 5.74) is 11.1. The summed E-state index contributed by atoms with van der Waals surface area (Å²) in [6.45, 7) is 3.39. The van der Waals surface area contributed by atoms with E-state index >= 15 is 0 Å². The topological polar surface area (TPSA) is 260 Å². The maximum absolute atomic E-state index is 13.0. The van der Waals surface area contributed by atoms with E-state index in [1.165, 1.54) is 12.5 Å². The SMILES string of the molecule is CCC(C)C(NC(=O)C(Cc1cnc[nH]1)NC(=O)C(CC(=O)O)NC(=O)C(N)CCC(N)=O)C(=O)O. The van der Waals surface area contributed by atoms with Gasteiger partial charge in [0.1, 0.15) is 18.1 Å². The Kier molecular flexibility index (Phi) is 12.0. The minimum absolute atomic E-state index is 0.125. The van der Waals surface area contributed by atoms with Crippen molar-refractivity contribution >= 4 is 35.6 Å². The van der Waals surface area contributed by atoms with Gasteiger partial charge in [-0.2, -0.15) is 0 Å². The molecule has 0 aliphatic heterocycles. The van der Waals surface area contributed by atoms with Crippen LogP contribution in [0.1, 0.15) is 45.2 Å². The number of carbonyl (C=O) groups is 6. The lowest BCUT2D eigenvalue weighted by atomic mass is 9.98. The van der Waals surface area contributed by atoms with Crippen LogP contribution in [-0.4, -0.2) is 79.9 Å². The van der Waals surface area contributed by atoms with Gasteiger partial charge in [0.25, 0.3) is 0 Å². The molecule has 4 amide bonds. The summed E-state index contributed by atoms with van der Waals surface area (Å²) in [7, 11) is 0. The molecule has 5 atom stereocenters. The number of H-pyrrole nitrogens is 1. The summed E-state index contributed by atoms with van der Waals surface area (Å²) in [4.78, 5) is 78.7. The first kappa shape index (κ1) is 30.0. The Morgan fingerprint density at radius 3 is 2.14 bits per heavy atom. The smallest absolute Gasteiger partial charge is 0.326 e. The van der Waals surface area contributed by atoms with Crippen molar-refractivity contribution in [2.45, 2.75) is 70.1 Å². The van der Waals surface area contributed by atoms with Crippen molar-refractivity contribution in [3.05, 3.63) is 18.2 Å². The average Bonchev–Trinajstić information content (AvgIpc) is 3.31. The zero-order valence-corrected chi connectivity index (χ0v) is 20.0. The molecule has 0 saturated heterocycles. The molecule has 0 spiro atoms. The zero-order valence-electron chi connectivity index (χ0n) is 20.0. The molecule has 36 heavy (non-hydrogen) atoms. The molecular weight excluding hydrogens is 478 g/mol. The second-order valence-corrected chi connectivity index (χ2v) is 8.32. The van der Waals surface area contributed by atoms with Gasteiger partial charge in [-0.1, -0.05) is 20.3 Å². The number of nitrogens with zero attached hydrogens (tertiary/aromatic N) is 1. The number of rotatable bonds is 16. The molecule has 1 heterocycles. The maximum atomic E-state index is 13.0. The Morgan fingerprint density at radius 2 is 1.64 bits per heavy atom. The van der Waals surface area contributed by atoms with Gasteiger partial charge in [-0.3, -0.25) is 24.0 Å². The van der Waals surface area contributed by atoms with E-state index in [0.717, 1.165) is 0 Å². The van der Waals surface area contributed by atoms with Gasteiger partial charge in [0.05, 0.1) is 18.8 Å². The standard InChI is InChI=1S/C21H33N7O8/c1-3-10(2)17(21(35)36)28-20(34)13(6-11-8-24-9-25-11)27-19(33)14(7-16(30)31)26-18(32)12(22)4-5-15(23)29/h8-10,12-14,17H,3-7,22H2,1-2H3,(H2,23,29)(H,24,25)(H,26,32)(H,27,33)(H,28,34)(H,30,31)(H,35,36). The zero-order chi connectivity index (χ0) is 27.4. The Balaban J connectivity index is 3.07. The van der Waals surface area contributed by atoms with E-state index in [0.29, 0.717) is 12.1 Å². The quantitative estimate of drug-likeness (QED) is 0.117. The summed E-state index contributed by atoms with van der Waals surface area (Å²) in [6.07, 6.45) is 1.91. The van der Waals surface area contributed by atoms with Crippen LogP contribution in [0.5, 0.6) is 0 Å². The van der Waals surface area contributed by atoms with Crippen molar-refractivity contribution in [3.8, 4) is 0 Å². The number of amides is 4. The maximum Gasteiger partial charge on any atom is 0.326 e. The predicted molar refractivity (Wildman–Crippen MR) is 124 cm³/mol. The van der Waals surface area contributed by atoms with Crippen LogP contribution in [0.4, 0.5) is 0 Å². The number of nitrogens with one attached hydrogen (secondary N) is 4. The number of aromatic amines is 1. The molecule has 5 unspecified atom stereocenters. The van der Waals surface area contributed by atoms with Crippen LogP contribution in [-0.2, 0) is 35.2 Å². The molecule has 0 aliphatic rings. The van der Waals surface area contributed by atoms with Gasteiger partial charge in [-0.15, -0.1) is 0 Å². The number of primary amides is 1. The summed E-state index contributed by atoms with van der Waals surface area (Å²) < 4.78 is 0. The first-order valence-electron chi connectivity index (χ1n) is 11.2. The number of carboxylic acids is 2. The van der Waals surface area contributed by atoms with Gasteiger partial charge >= 0.3 is 11.9 Å². The molecule has 200 valence electrons. The van der Waals surface area contributed by atoms with Crippen LogP contribution in [0.25, 0.3) is 0 Å². The first-order chi connectivity index (χ1) is 16.8. The highest BCUT2D eigenvalue weighted by atomic mass is 16.4. The lowest BCUT2D eigenvalue weighted by molar-refractivity contribution is -0.144. The molecule has 0 bridgehead atoms. The first-order valence-corrected chi connectivity index (χ1v) is 11.2. The minimum Gasteiger partial charge on any atom is -0.481 e. The molecule has 10 N–H and O–H groups in total. The van der Waals surface area contributed by atoms with E-state index in [-0.39, 0.29) is 19.3 Å². The van der Waals surface area contributed by atoms with Crippen LogP contribution in [0.3, 0.4) is 0 Å². The molecule has 0 fully saturated rings. The summed E-state index contributed by atoms with van der Waals surface area (Å²) in [6, 6.07) is -5.42. The number of nitrogens with two attached hydrogens (primary N) is 2. The van der Waals surface area contributed by atoms with Gasteiger partial charge in [0.2, 0.25) is 23.6 Å². The third-order valence-electron chi connectivity index (χ3n) is 5.44. The Labute approximate surface area is 206 Å². The van der Waals surface area contributed by atoms with Gasteiger partial charge in [0.15, 0.2) is 0 Å². The van der Waals surface area contributed by atoms with Crippen molar-refractivity contribution in [2.24, 2.45) is 17.4 Å². The summed E-state index contributed by atoms with van der Waals surface area (Å²) in [5, 5.41) is 25.7. The fraction of sp³-hybridized carbons (Fsp3) is 0.571. The molecule has 0 aromatic carbocycles. The molecule has 1 rings (SSSR count). The lowest BCUT2D eigenvalue weighted by Gasteiger charge is -2.26. The summed E-state index contributed by atoms with van der Waals surface area (Å²) >= 11 is 0. The van der Waals surface area contributed by atoms with E-state index in [1.54, 1.807) is 13.8 Å². The highest BCUT2D eigenvalue weighted by Crippen LogP contribution is 2.09. The van der Waals surface area contributed by atoms with Crippen LogP contribution in [0.2, 0.25) is 0 Å². The number of hydrogen-bond acceptors (Lipinski definition) is 8. The highest BCUT2D eigenvalue weighted by Gasteiger charge is 2.33. The average molecular weight is 512 g/mol. The molecular formula is C21H33N7O8. The number of carbonyl (C=O) groups excluding carboxylic acids is 4. The van der Waals surface area contributed by atoms with Crippen molar-refractivity contribution < 1.29 is 39.0 Å². The minimum atomic E-state index is -1.61. The fourth-order valence-electron chi connectivity index (χ4n) is 3.13. The van der Waals surface area contributed by atoms with E-state index in [9.17, 15) is 39.0 Å². The molecule has 15 heteroatoms. The van der Waals surface area contributed by atoms with Gasteiger partial charge < -0.3 is 42.6 Å². The summed E-state index contributed by atoms with van der Waals surface area (Å²) in [5.74, 6) is -6.52. The predicted octanol–water partition coefficient (Wildman–Crippen LogP) is -2.40. The van der Waals surface area contributed by atoms with Gasteiger partial charge in [-0.25, -0.2) is 9.78 Å². The highest BCUT2D eigenvalue weighted by molar-refractivity contribution is 5.95. The van der Waals surface area contributed by atoms with E-state index < -0.39 is 72.1 Å². The normalized spacial score (nSPS) is 15.0. The van der Waals surface area contributed by atoms with Crippen LogP contribution >= 0.6 is 0 Å². The largest absolute Gasteiger partial charge is 0.481 e. The number of carboxylic acid groups (broad SMARTS) is 2.